The van der Waals surface area contributed by atoms with E-state index < -0.39 is 10.0 Å². The number of aromatic nitrogens is 4. The van der Waals surface area contributed by atoms with Gasteiger partial charge in [-0.25, -0.2) is 22.8 Å². The predicted molar refractivity (Wildman–Crippen MR) is 140 cm³/mol. The van der Waals surface area contributed by atoms with E-state index in [4.69, 9.17) is 16.6 Å². The van der Waals surface area contributed by atoms with Crippen molar-refractivity contribution in [1.29, 1.82) is 0 Å². The third-order valence-corrected chi connectivity index (χ3v) is 8.46. The van der Waals surface area contributed by atoms with Crippen LogP contribution in [0.3, 0.4) is 0 Å². The van der Waals surface area contributed by atoms with Crippen LogP contribution in [-0.2, 0) is 10.0 Å². The van der Waals surface area contributed by atoms with Crippen LogP contribution >= 0.6 is 11.6 Å². The van der Waals surface area contributed by atoms with E-state index in [0.717, 1.165) is 48.9 Å². The fourth-order valence-electron chi connectivity index (χ4n) is 4.69. The van der Waals surface area contributed by atoms with Gasteiger partial charge in [0.05, 0.1) is 10.5 Å². The second-order valence-corrected chi connectivity index (χ2v) is 11.6. The van der Waals surface area contributed by atoms with Crippen LogP contribution in [0.1, 0.15) is 25.7 Å². The van der Waals surface area contributed by atoms with Gasteiger partial charge in [0, 0.05) is 32.6 Å². The van der Waals surface area contributed by atoms with Crippen molar-refractivity contribution in [3.8, 4) is 0 Å². The largest absolute Gasteiger partial charge is 0.362 e. The summed E-state index contributed by atoms with van der Waals surface area (Å²) in [5.74, 6) is 2.27. The Hall–Kier alpha value is -3.02. The highest BCUT2D eigenvalue weighted by molar-refractivity contribution is 7.89. The minimum Gasteiger partial charge on any atom is -0.362 e. The van der Waals surface area contributed by atoms with Gasteiger partial charge in [-0.1, -0.05) is 23.7 Å². The lowest BCUT2D eigenvalue weighted by atomic mass is 9.82. The molecule has 0 saturated heterocycles. The second-order valence-electron chi connectivity index (χ2n) is 9.41. The molecule has 36 heavy (non-hydrogen) atoms. The van der Waals surface area contributed by atoms with Gasteiger partial charge in [0.1, 0.15) is 10.7 Å². The quantitative estimate of drug-likeness (QED) is 0.347. The third kappa shape index (κ3) is 5.09. The van der Waals surface area contributed by atoms with Gasteiger partial charge in [-0.05, 0) is 72.1 Å². The highest BCUT2D eigenvalue weighted by Crippen LogP contribution is 2.31. The summed E-state index contributed by atoms with van der Waals surface area (Å²) in [5, 5.41) is 12.1. The van der Waals surface area contributed by atoms with Gasteiger partial charge in [0.15, 0.2) is 11.0 Å². The fourth-order valence-corrected chi connectivity index (χ4v) is 6.12. The molecule has 0 radical (unpaired) electrons. The van der Waals surface area contributed by atoms with Crippen molar-refractivity contribution in [3.63, 3.8) is 0 Å². The molecule has 12 heteroatoms. The van der Waals surface area contributed by atoms with Crippen molar-refractivity contribution in [2.24, 2.45) is 11.8 Å². The molecule has 1 aliphatic rings. The minimum atomic E-state index is -3.77. The molecule has 2 N–H and O–H groups in total. The van der Waals surface area contributed by atoms with Gasteiger partial charge in [0.2, 0.25) is 16.0 Å². The number of nitrogens with zero attached hydrogens (tertiary/aromatic N) is 5. The van der Waals surface area contributed by atoms with Crippen LogP contribution in [0.25, 0.3) is 21.9 Å². The highest BCUT2D eigenvalue weighted by Gasteiger charge is 2.26. The van der Waals surface area contributed by atoms with E-state index in [-0.39, 0.29) is 21.8 Å². The number of hydrogen-bond acceptors (Lipinski definition) is 9. The lowest BCUT2D eigenvalue weighted by Crippen LogP contribution is -2.32. The number of para-hydroxylation sites is 1. The molecule has 190 valence electrons. The molecule has 1 saturated carbocycles. The Labute approximate surface area is 214 Å². The molecule has 0 amide bonds. The molecule has 0 aliphatic heterocycles. The summed E-state index contributed by atoms with van der Waals surface area (Å²) in [4.78, 5) is 11.4. The van der Waals surface area contributed by atoms with Crippen molar-refractivity contribution < 1.29 is 13.0 Å². The predicted octanol–water partition coefficient (Wildman–Crippen LogP) is 4.08. The van der Waals surface area contributed by atoms with Crippen molar-refractivity contribution in [2.45, 2.75) is 30.6 Å². The van der Waals surface area contributed by atoms with E-state index in [2.05, 4.69) is 30.0 Å². The van der Waals surface area contributed by atoms with Gasteiger partial charge in [-0.15, -0.1) is 0 Å². The number of fused-ring (bicyclic) bond motifs is 2. The van der Waals surface area contributed by atoms with Crippen LogP contribution in [-0.4, -0.2) is 55.9 Å². The fraction of sp³-hybridized carbons (Fsp3) is 0.417. The minimum absolute atomic E-state index is 0.0218. The maximum absolute atomic E-state index is 12.9. The number of benzene rings is 2. The molecular weight excluding hydrogens is 502 g/mol. The summed E-state index contributed by atoms with van der Waals surface area (Å²) in [6.07, 6.45) is 3.90. The average molecular weight is 530 g/mol. The zero-order chi connectivity index (χ0) is 25.3. The molecule has 1 fully saturated rings. The Morgan fingerprint density at radius 3 is 2.42 bits per heavy atom. The van der Waals surface area contributed by atoms with Crippen molar-refractivity contribution in [2.75, 3.05) is 37.4 Å². The van der Waals surface area contributed by atoms with Crippen LogP contribution in [0.2, 0.25) is 5.02 Å². The maximum atomic E-state index is 12.9. The number of anilines is 2. The summed E-state index contributed by atoms with van der Waals surface area (Å²) in [6.45, 7) is 1.16. The summed E-state index contributed by atoms with van der Waals surface area (Å²) in [5.41, 5.74) is 1.29. The first kappa shape index (κ1) is 24.7. The van der Waals surface area contributed by atoms with Gasteiger partial charge < -0.3 is 10.2 Å². The molecular formula is C24H28ClN7O3S. The van der Waals surface area contributed by atoms with Crippen molar-refractivity contribution in [3.05, 3.63) is 41.4 Å². The molecule has 2 aromatic heterocycles. The van der Waals surface area contributed by atoms with Crippen LogP contribution < -0.4 is 14.9 Å². The first-order valence-electron chi connectivity index (χ1n) is 11.9. The first-order chi connectivity index (χ1) is 17.3. The molecule has 2 heterocycles. The standard InChI is InChI=1S/C24H28ClN7O3S/c1-32(2)23-17-5-3-4-6-19(17)28-24(29-23)26-13-15-7-9-16(10-8-15)14-27-36(33,34)20-12-11-18(25)21-22(20)31-35-30-21/h3-6,11-12,15-16,27H,7-10,13-14H2,1-2H3,(H,26,28,29)/t15-,16-. The van der Waals surface area contributed by atoms with Gasteiger partial charge in [-0.3, -0.25) is 0 Å². The van der Waals surface area contributed by atoms with Crippen LogP contribution in [0, 0.1) is 11.8 Å². The Morgan fingerprint density at radius 2 is 1.67 bits per heavy atom. The van der Waals surface area contributed by atoms with E-state index in [0.29, 0.717) is 23.4 Å². The Kier molecular flexibility index (Phi) is 6.96. The van der Waals surface area contributed by atoms with Crippen LogP contribution in [0.4, 0.5) is 11.8 Å². The van der Waals surface area contributed by atoms with E-state index in [1.54, 1.807) is 0 Å². The lowest BCUT2D eigenvalue weighted by Gasteiger charge is -2.28. The van der Waals surface area contributed by atoms with E-state index in [9.17, 15) is 8.42 Å². The van der Waals surface area contributed by atoms with Crippen molar-refractivity contribution >= 4 is 55.3 Å². The Morgan fingerprint density at radius 1 is 0.972 bits per heavy atom. The highest BCUT2D eigenvalue weighted by atomic mass is 35.5. The van der Waals surface area contributed by atoms with E-state index >= 15 is 0 Å². The SMILES string of the molecule is CN(C)c1nc(NC[C@H]2CC[C@H](CNS(=O)(=O)c3ccc(Cl)c4nonc34)CC2)nc2ccccc12. The molecule has 10 nitrogen and oxygen atoms in total. The molecule has 4 aromatic rings. The summed E-state index contributed by atoms with van der Waals surface area (Å²) in [7, 11) is 0.191. The average Bonchev–Trinajstić information content (AvgIpc) is 3.37. The summed E-state index contributed by atoms with van der Waals surface area (Å²) < 4.78 is 33.2. The summed E-state index contributed by atoms with van der Waals surface area (Å²) in [6, 6.07) is 10.9. The van der Waals surface area contributed by atoms with Gasteiger partial charge in [0.25, 0.3) is 0 Å². The normalized spacial score (nSPS) is 18.5. The lowest BCUT2D eigenvalue weighted by molar-refractivity contribution is 0.284. The van der Waals surface area contributed by atoms with Crippen molar-refractivity contribution in [1.82, 2.24) is 25.0 Å². The Balaban J connectivity index is 1.15. The molecule has 0 unspecified atom stereocenters. The number of halogens is 1. The molecule has 0 spiro atoms. The smallest absolute Gasteiger partial charge is 0.242 e. The molecule has 2 aromatic carbocycles. The molecule has 0 bridgehead atoms. The van der Waals surface area contributed by atoms with Crippen LogP contribution in [0.5, 0.6) is 0 Å². The maximum Gasteiger partial charge on any atom is 0.242 e. The number of hydrogen-bond donors (Lipinski definition) is 2. The number of sulfonamides is 1. The summed E-state index contributed by atoms with van der Waals surface area (Å²) >= 11 is 6.05. The molecule has 1 aliphatic carbocycles. The van der Waals surface area contributed by atoms with Crippen LogP contribution in [0.15, 0.2) is 45.9 Å². The second kappa shape index (κ2) is 10.2. The van der Waals surface area contributed by atoms with Gasteiger partial charge >= 0.3 is 0 Å². The zero-order valence-electron chi connectivity index (χ0n) is 20.1. The van der Waals surface area contributed by atoms with Gasteiger partial charge in [-0.2, -0.15) is 4.98 Å². The monoisotopic (exact) mass is 529 g/mol. The number of rotatable bonds is 8. The molecule has 0 atom stereocenters. The number of nitrogens with one attached hydrogen (secondary N) is 2. The zero-order valence-corrected chi connectivity index (χ0v) is 21.7. The molecule has 5 rings (SSSR count). The topological polar surface area (TPSA) is 126 Å². The van der Waals surface area contributed by atoms with E-state index in [1.807, 2.05) is 43.3 Å². The Bertz CT molecular complexity index is 1480. The first-order valence-corrected chi connectivity index (χ1v) is 13.8. The van der Waals surface area contributed by atoms with E-state index in [1.165, 1.54) is 12.1 Å². The third-order valence-electron chi connectivity index (χ3n) is 6.70.